The van der Waals surface area contributed by atoms with Gasteiger partial charge in [-0.15, -0.1) is 11.8 Å². The van der Waals surface area contributed by atoms with Crippen molar-refractivity contribution in [3.05, 3.63) is 84.4 Å². The van der Waals surface area contributed by atoms with Crippen molar-refractivity contribution in [1.29, 1.82) is 0 Å². The molecular formula is C26H28N2O3S. The highest BCUT2D eigenvalue weighted by atomic mass is 32.2. The van der Waals surface area contributed by atoms with Crippen LogP contribution in [0.15, 0.2) is 83.8 Å². The van der Waals surface area contributed by atoms with Crippen molar-refractivity contribution in [1.82, 2.24) is 0 Å². The number of carbonyl (C=O) groups excluding carboxylic acids is 2. The monoisotopic (exact) mass is 448 g/mol. The van der Waals surface area contributed by atoms with E-state index in [1.165, 1.54) is 17.3 Å². The van der Waals surface area contributed by atoms with Crippen LogP contribution in [0.1, 0.15) is 32.3 Å². The minimum Gasteiger partial charge on any atom is -0.484 e. The third-order valence-electron chi connectivity index (χ3n) is 4.76. The lowest BCUT2D eigenvalue weighted by molar-refractivity contribution is -0.118. The van der Waals surface area contributed by atoms with Crippen molar-refractivity contribution in [3.63, 3.8) is 0 Å². The largest absolute Gasteiger partial charge is 0.484 e. The maximum absolute atomic E-state index is 12.6. The fraction of sp³-hybridized carbons (Fsp3) is 0.231. The molecule has 0 spiro atoms. The van der Waals surface area contributed by atoms with Gasteiger partial charge in [0.2, 0.25) is 5.91 Å². The maximum atomic E-state index is 12.6. The average molecular weight is 449 g/mol. The number of nitrogens with one attached hydrogen (secondary N) is 2. The summed E-state index contributed by atoms with van der Waals surface area (Å²) in [6.07, 6.45) is 0. The second kappa shape index (κ2) is 11.4. The Hall–Kier alpha value is -3.25. The van der Waals surface area contributed by atoms with Crippen LogP contribution in [0.2, 0.25) is 0 Å². The van der Waals surface area contributed by atoms with E-state index < -0.39 is 0 Å². The molecule has 6 heteroatoms. The Morgan fingerprint density at radius 3 is 2.25 bits per heavy atom. The molecule has 0 radical (unpaired) electrons. The number of carbonyl (C=O) groups is 2. The minimum atomic E-state index is -0.299. The lowest BCUT2D eigenvalue weighted by Crippen LogP contribution is -2.22. The van der Waals surface area contributed by atoms with Gasteiger partial charge in [-0.3, -0.25) is 9.59 Å². The summed E-state index contributed by atoms with van der Waals surface area (Å²) in [5.41, 5.74) is 2.68. The van der Waals surface area contributed by atoms with Gasteiger partial charge in [0, 0.05) is 16.3 Å². The van der Waals surface area contributed by atoms with Crippen LogP contribution in [0, 0.1) is 0 Å². The molecule has 3 aromatic carbocycles. The Kier molecular flexibility index (Phi) is 8.34. The molecule has 0 aliphatic rings. The van der Waals surface area contributed by atoms with Gasteiger partial charge in [0.15, 0.2) is 6.61 Å². The Morgan fingerprint density at radius 1 is 0.844 bits per heavy atom. The van der Waals surface area contributed by atoms with Gasteiger partial charge in [0.1, 0.15) is 5.75 Å². The maximum Gasteiger partial charge on any atom is 0.262 e. The van der Waals surface area contributed by atoms with E-state index in [4.69, 9.17) is 4.74 Å². The predicted octanol–water partition coefficient (Wildman–Crippen LogP) is 5.95. The zero-order chi connectivity index (χ0) is 22.9. The first-order chi connectivity index (χ1) is 15.4. The van der Waals surface area contributed by atoms with Gasteiger partial charge in [-0.25, -0.2) is 0 Å². The van der Waals surface area contributed by atoms with Gasteiger partial charge in [-0.2, -0.15) is 0 Å². The number of amides is 2. The minimum absolute atomic E-state index is 0.0713. The van der Waals surface area contributed by atoms with E-state index in [0.29, 0.717) is 17.4 Å². The Labute approximate surface area is 193 Å². The summed E-state index contributed by atoms with van der Waals surface area (Å²) in [5.74, 6) is 0.780. The van der Waals surface area contributed by atoms with Crippen molar-refractivity contribution in [3.8, 4) is 5.75 Å². The zero-order valence-corrected chi connectivity index (χ0v) is 19.3. The second-order valence-electron chi connectivity index (χ2n) is 7.70. The number of ether oxygens (including phenoxy) is 1. The number of rotatable bonds is 9. The molecule has 0 saturated carbocycles. The molecule has 0 bridgehead atoms. The zero-order valence-electron chi connectivity index (χ0n) is 18.5. The van der Waals surface area contributed by atoms with E-state index in [2.05, 4.69) is 24.5 Å². The first-order valence-corrected chi connectivity index (χ1v) is 11.4. The molecule has 1 atom stereocenters. The van der Waals surface area contributed by atoms with Crippen LogP contribution in [-0.2, 0) is 9.59 Å². The van der Waals surface area contributed by atoms with E-state index in [9.17, 15) is 9.59 Å². The van der Waals surface area contributed by atoms with Crippen LogP contribution < -0.4 is 15.4 Å². The highest BCUT2D eigenvalue weighted by molar-refractivity contribution is 8.00. The summed E-state index contributed by atoms with van der Waals surface area (Å²) >= 11 is 1.44. The third-order valence-corrected chi connectivity index (χ3v) is 5.85. The average Bonchev–Trinajstić information content (AvgIpc) is 2.79. The first-order valence-electron chi connectivity index (χ1n) is 10.6. The summed E-state index contributed by atoms with van der Waals surface area (Å²) in [4.78, 5) is 25.7. The molecule has 0 heterocycles. The van der Waals surface area contributed by atoms with Crippen LogP contribution >= 0.6 is 11.8 Å². The molecule has 3 rings (SSSR count). The highest BCUT2D eigenvalue weighted by Gasteiger charge is 2.15. The number of para-hydroxylation sites is 1. The van der Waals surface area contributed by atoms with Crippen molar-refractivity contribution < 1.29 is 14.3 Å². The number of hydrogen-bond donors (Lipinski definition) is 2. The van der Waals surface area contributed by atoms with Gasteiger partial charge in [-0.1, -0.05) is 50.2 Å². The van der Waals surface area contributed by atoms with Crippen molar-refractivity contribution >= 4 is 35.0 Å². The molecule has 3 aromatic rings. The normalized spacial score (nSPS) is 11.6. The highest BCUT2D eigenvalue weighted by Crippen LogP contribution is 2.27. The van der Waals surface area contributed by atoms with Gasteiger partial charge >= 0.3 is 0 Å². The fourth-order valence-corrected chi connectivity index (χ4v) is 3.89. The summed E-state index contributed by atoms with van der Waals surface area (Å²) in [5, 5.41) is 5.49. The standard InChI is InChI=1S/C26H28N2O3S/c1-18(2)20-12-14-21(15-13-20)28-26(30)19(3)32-24-11-7-8-22(16-24)27-25(29)17-31-23-9-5-4-6-10-23/h4-16,18-19H,17H2,1-3H3,(H,27,29)(H,28,30). The molecule has 2 N–H and O–H groups in total. The summed E-state index contributed by atoms with van der Waals surface area (Å²) in [6, 6.07) is 24.6. The molecule has 1 unspecified atom stereocenters. The Morgan fingerprint density at radius 2 is 1.56 bits per heavy atom. The van der Waals surface area contributed by atoms with Crippen molar-refractivity contribution in [2.75, 3.05) is 17.2 Å². The summed E-state index contributed by atoms with van der Waals surface area (Å²) in [6.45, 7) is 6.07. The molecule has 0 aliphatic carbocycles. The van der Waals surface area contributed by atoms with E-state index in [-0.39, 0.29) is 23.7 Å². The molecule has 5 nitrogen and oxygen atoms in total. The van der Waals surface area contributed by atoms with Gasteiger partial charge < -0.3 is 15.4 Å². The molecule has 0 fully saturated rings. The van der Waals surface area contributed by atoms with E-state index in [1.807, 2.05) is 73.7 Å². The van der Waals surface area contributed by atoms with E-state index in [1.54, 1.807) is 12.1 Å². The van der Waals surface area contributed by atoms with Gasteiger partial charge in [0.05, 0.1) is 5.25 Å². The predicted molar refractivity (Wildman–Crippen MR) is 131 cm³/mol. The topological polar surface area (TPSA) is 67.4 Å². The van der Waals surface area contributed by atoms with Crippen molar-refractivity contribution in [2.45, 2.75) is 36.8 Å². The second-order valence-corrected chi connectivity index (χ2v) is 9.12. The molecule has 0 saturated heterocycles. The Balaban J connectivity index is 1.51. The lowest BCUT2D eigenvalue weighted by Gasteiger charge is -2.14. The molecular weight excluding hydrogens is 420 g/mol. The van der Waals surface area contributed by atoms with Crippen molar-refractivity contribution in [2.24, 2.45) is 0 Å². The third kappa shape index (κ3) is 7.17. The van der Waals surface area contributed by atoms with Crippen LogP contribution in [0.5, 0.6) is 5.75 Å². The number of benzene rings is 3. The summed E-state index contributed by atoms with van der Waals surface area (Å²) in [7, 11) is 0. The van der Waals surface area contributed by atoms with Crippen LogP contribution in [0.25, 0.3) is 0 Å². The molecule has 0 aromatic heterocycles. The summed E-state index contributed by atoms with van der Waals surface area (Å²) < 4.78 is 5.47. The van der Waals surface area contributed by atoms with E-state index >= 15 is 0 Å². The van der Waals surface area contributed by atoms with Crippen LogP contribution in [0.4, 0.5) is 11.4 Å². The van der Waals surface area contributed by atoms with Gasteiger partial charge in [0.25, 0.3) is 5.91 Å². The first kappa shape index (κ1) is 23.4. The van der Waals surface area contributed by atoms with E-state index in [0.717, 1.165) is 10.6 Å². The molecule has 32 heavy (non-hydrogen) atoms. The smallest absolute Gasteiger partial charge is 0.262 e. The molecule has 166 valence electrons. The quantitative estimate of drug-likeness (QED) is 0.397. The molecule has 2 amide bonds. The Bertz CT molecular complexity index is 1040. The SMILES string of the molecule is CC(Sc1cccc(NC(=O)COc2ccccc2)c1)C(=O)Nc1ccc(C(C)C)cc1. The van der Waals surface area contributed by atoms with Crippen LogP contribution in [0.3, 0.4) is 0 Å². The fourth-order valence-electron chi connectivity index (χ4n) is 2.96. The van der Waals surface area contributed by atoms with Crippen LogP contribution in [-0.4, -0.2) is 23.7 Å². The van der Waals surface area contributed by atoms with Gasteiger partial charge in [-0.05, 0) is 60.9 Å². The number of anilines is 2. The number of hydrogen-bond acceptors (Lipinski definition) is 4. The number of thioether (sulfide) groups is 1. The molecule has 0 aliphatic heterocycles. The lowest BCUT2D eigenvalue weighted by atomic mass is 10.0.